The summed E-state index contributed by atoms with van der Waals surface area (Å²) in [4.78, 5) is 7.54. The van der Waals surface area contributed by atoms with Crippen molar-refractivity contribution in [1.82, 2.24) is 4.98 Å². The predicted octanol–water partition coefficient (Wildman–Crippen LogP) is 3.46. The van der Waals surface area contributed by atoms with Gasteiger partial charge in [-0.05, 0) is 43.7 Å². The lowest BCUT2D eigenvalue weighted by atomic mass is 9.91. The van der Waals surface area contributed by atoms with E-state index in [1.807, 2.05) is 0 Å². The van der Waals surface area contributed by atoms with Gasteiger partial charge in [-0.1, -0.05) is 24.6 Å². The molecule has 1 aliphatic carbocycles. The topological polar surface area (TPSA) is 42.1 Å². The van der Waals surface area contributed by atoms with Crippen LogP contribution in [0.4, 0.5) is 5.82 Å². The van der Waals surface area contributed by atoms with Gasteiger partial charge in [0, 0.05) is 30.1 Å². The second-order valence-electron chi connectivity index (χ2n) is 6.46. The molecule has 0 bridgehead atoms. The highest BCUT2D eigenvalue weighted by molar-refractivity contribution is 5.82. The van der Waals surface area contributed by atoms with Crippen molar-refractivity contribution in [3.8, 4) is 0 Å². The van der Waals surface area contributed by atoms with Crippen LogP contribution >= 0.6 is 0 Å². The number of piperidine rings is 1. The largest absolute Gasteiger partial charge is 0.353 e. The summed E-state index contributed by atoms with van der Waals surface area (Å²) >= 11 is 0. The molecule has 0 amide bonds. The Bertz CT molecular complexity index is 652. The van der Waals surface area contributed by atoms with Gasteiger partial charge in [0.1, 0.15) is 5.82 Å². The van der Waals surface area contributed by atoms with E-state index in [9.17, 15) is 0 Å². The number of aromatic nitrogens is 1. The molecule has 1 saturated heterocycles. The van der Waals surface area contributed by atoms with Crippen molar-refractivity contribution in [1.29, 1.82) is 0 Å². The van der Waals surface area contributed by atoms with E-state index in [1.165, 1.54) is 43.1 Å². The fourth-order valence-electron chi connectivity index (χ4n) is 4.27. The van der Waals surface area contributed by atoms with Crippen molar-refractivity contribution < 1.29 is 0 Å². The molecule has 2 unspecified atom stereocenters. The standard InChI is InChI=1S/C18H23N3/c19-12-15-11-14-5-1-2-8-16(14)20-18(15)21-10-4-7-13-6-3-9-17(13)21/h1-2,5,8,11,13,17H,3-4,6-7,9-10,12,19H2. The van der Waals surface area contributed by atoms with E-state index >= 15 is 0 Å². The quantitative estimate of drug-likeness (QED) is 0.916. The average molecular weight is 281 g/mol. The number of fused-ring (bicyclic) bond motifs is 2. The van der Waals surface area contributed by atoms with Gasteiger partial charge in [0.15, 0.2) is 0 Å². The molecule has 2 aromatic rings. The number of nitrogens with two attached hydrogens (primary N) is 1. The van der Waals surface area contributed by atoms with E-state index in [0.29, 0.717) is 12.6 Å². The number of hydrogen-bond donors (Lipinski definition) is 1. The Morgan fingerprint density at radius 3 is 2.90 bits per heavy atom. The van der Waals surface area contributed by atoms with Gasteiger partial charge in [0.25, 0.3) is 0 Å². The zero-order valence-electron chi connectivity index (χ0n) is 12.5. The zero-order chi connectivity index (χ0) is 14.2. The third kappa shape index (κ3) is 2.20. The lowest BCUT2D eigenvalue weighted by Crippen LogP contribution is -2.43. The van der Waals surface area contributed by atoms with Gasteiger partial charge < -0.3 is 10.6 Å². The maximum Gasteiger partial charge on any atom is 0.134 e. The molecule has 1 aromatic heterocycles. The molecule has 21 heavy (non-hydrogen) atoms. The molecule has 1 saturated carbocycles. The van der Waals surface area contributed by atoms with Crippen LogP contribution in [0.3, 0.4) is 0 Å². The van der Waals surface area contributed by atoms with Crippen LogP contribution in [0.1, 0.15) is 37.7 Å². The number of rotatable bonds is 2. The first-order valence-electron chi connectivity index (χ1n) is 8.22. The molecule has 2 heterocycles. The van der Waals surface area contributed by atoms with E-state index in [-0.39, 0.29) is 0 Å². The number of para-hydroxylation sites is 1. The van der Waals surface area contributed by atoms with Gasteiger partial charge in [0.2, 0.25) is 0 Å². The van der Waals surface area contributed by atoms with Crippen LogP contribution in [-0.2, 0) is 6.54 Å². The highest BCUT2D eigenvalue weighted by atomic mass is 15.2. The van der Waals surface area contributed by atoms with Crippen molar-refractivity contribution in [2.75, 3.05) is 11.4 Å². The smallest absolute Gasteiger partial charge is 0.134 e. The predicted molar refractivity (Wildman–Crippen MR) is 87.3 cm³/mol. The Kier molecular flexibility index (Phi) is 3.30. The zero-order valence-corrected chi connectivity index (χ0v) is 12.5. The second kappa shape index (κ2) is 5.30. The summed E-state index contributed by atoms with van der Waals surface area (Å²) in [6.45, 7) is 1.71. The van der Waals surface area contributed by atoms with E-state index in [2.05, 4.69) is 35.2 Å². The Labute approximate surface area is 126 Å². The molecular weight excluding hydrogens is 258 g/mol. The molecular formula is C18H23N3. The van der Waals surface area contributed by atoms with Gasteiger partial charge in [-0.3, -0.25) is 0 Å². The summed E-state index contributed by atoms with van der Waals surface area (Å²) in [5.41, 5.74) is 8.30. The molecule has 2 atom stereocenters. The van der Waals surface area contributed by atoms with Gasteiger partial charge in [-0.15, -0.1) is 0 Å². The maximum absolute atomic E-state index is 6.02. The number of hydrogen-bond acceptors (Lipinski definition) is 3. The van der Waals surface area contributed by atoms with Gasteiger partial charge in [0.05, 0.1) is 5.52 Å². The van der Waals surface area contributed by atoms with Crippen LogP contribution in [0, 0.1) is 5.92 Å². The summed E-state index contributed by atoms with van der Waals surface area (Å²) < 4.78 is 0. The Morgan fingerprint density at radius 2 is 2.00 bits per heavy atom. The Balaban J connectivity index is 1.80. The van der Waals surface area contributed by atoms with E-state index in [1.54, 1.807) is 0 Å². The minimum Gasteiger partial charge on any atom is -0.353 e. The third-order valence-electron chi connectivity index (χ3n) is 5.27. The SMILES string of the molecule is NCc1cc2ccccc2nc1N1CCCC2CCCC21. The highest BCUT2D eigenvalue weighted by Gasteiger charge is 2.36. The van der Waals surface area contributed by atoms with Crippen molar-refractivity contribution in [2.24, 2.45) is 11.7 Å². The van der Waals surface area contributed by atoms with Crippen LogP contribution in [-0.4, -0.2) is 17.6 Å². The number of nitrogens with zero attached hydrogens (tertiary/aromatic N) is 2. The monoisotopic (exact) mass is 281 g/mol. The fourth-order valence-corrected chi connectivity index (χ4v) is 4.27. The lowest BCUT2D eigenvalue weighted by molar-refractivity contribution is 0.360. The van der Waals surface area contributed by atoms with Crippen molar-refractivity contribution in [3.63, 3.8) is 0 Å². The first kappa shape index (κ1) is 13.1. The molecule has 2 N–H and O–H groups in total. The molecule has 4 rings (SSSR count). The number of pyridine rings is 1. The molecule has 0 radical (unpaired) electrons. The van der Waals surface area contributed by atoms with Crippen molar-refractivity contribution in [2.45, 2.75) is 44.7 Å². The van der Waals surface area contributed by atoms with E-state index in [4.69, 9.17) is 10.7 Å². The minimum atomic E-state index is 0.570. The van der Waals surface area contributed by atoms with Crippen LogP contribution in [0.2, 0.25) is 0 Å². The molecule has 110 valence electrons. The second-order valence-corrected chi connectivity index (χ2v) is 6.46. The van der Waals surface area contributed by atoms with Crippen molar-refractivity contribution >= 4 is 16.7 Å². The van der Waals surface area contributed by atoms with E-state index < -0.39 is 0 Å². The Morgan fingerprint density at radius 1 is 1.14 bits per heavy atom. The van der Waals surface area contributed by atoms with Crippen LogP contribution in [0.15, 0.2) is 30.3 Å². The molecule has 1 aromatic carbocycles. The first-order chi connectivity index (χ1) is 10.4. The minimum absolute atomic E-state index is 0.570. The van der Waals surface area contributed by atoms with Crippen LogP contribution in [0.5, 0.6) is 0 Å². The van der Waals surface area contributed by atoms with Gasteiger partial charge >= 0.3 is 0 Å². The van der Waals surface area contributed by atoms with Gasteiger partial charge in [-0.25, -0.2) is 4.98 Å². The molecule has 3 nitrogen and oxygen atoms in total. The normalized spacial score (nSPS) is 25.3. The highest BCUT2D eigenvalue weighted by Crippen LogP contribution is 2.39. The van der Waals surface area contributed by atoms with Crippen LogP contribution in [0.25, 0.3) is 10.9 Å². The first-order valence-corrected chi connectivity index (χ1v) is 8.22. The fraction of sp³-hybridized carbons (Fsp3) is 0.500. The van der Waals surface area contributed by atoms with Crippen molar-refractivity contribution in [3.05, 3.63) is 35.9 Å². The van der Waals surface area contributed by atoms with E-state index in [0.717, 1.165) is 23.8 Å². The lowest BCUT2D eigenvalue weighted by Gasteiger charge is -2.39. The summed E-state index contributed by atoms with van der Waals surface area (Å²) in [6.07, 6.45) is 6.78. The molecule has 3 heteroatoms. The molecule has 2 aliphatic rings. The summed E-state index contributed by atoms with van der Waals surface area (Å²) in [5, 5.41) is 1.20. The molecule has 0 spiro atoms. The third-order valence-corrected chi connectivity index (χ3v) is 5.27. The summed E-state index contributed by atoms with van der Waals surface area (Å²) in [6, 6.07) is 11.3. The summed E-state index contributed by atoms with van der Waals surface area (Å²) in [7, 11) is 0. The number of anilines is 1. The molecule has 1 aliphatic heterocycles. The Hall–Kier alpha value is -1.61. The maximum atomic E-state index is 6.02. The summed E-state index contributed by atoms with van der Waals surface area (Å²) in [5.74, 6) is 2.02. The molecule has 2 fully saturated rings. The van der Waals surface area contributed by atoms with Crippen LogP contribution < -0.4 is 10.6 Å². The van der Waals surface area contributed by atoms with Gasteiger partial charge in [-0.2, -0.15) is 0 Å². The number of benzene rings is 1. The average Bonchev–Trinajstić information content (AvgIpc) is 3.02.